The van der Waals surface area contributed by atoms with Gasteiger partial charge in [0.25, 0.3) is 0 Å². The van der Waals surface area contributed by atoms with Crippen molar-refractivity contribution in [3.63, 3.8) is 0 Å². The van der Waals surface area contributed by atoms with Gasteiger partial charge >= 0.3 is 0 Å². The molecule has 1 saturated heterocycles. The summed E-state index contributed by atoms with van der Waals surface area (Å²) in [5.41, 5.74) is 1.22. The molecule has 0 spiro atoms. The molecule has 0 saturated carbocycles. The first-order valence-corrected chi connectivity index (χ1v) is 8.53. The molecule has 118 valence electrons. The Bertz CT molecular complexity index is 855. The molecule has 6 heteroatoms. The van der Waals surface area contributed by atoms with Crippen LogP contribution in [0, 0.1) is 12.7 Å². The van der Waals surface area contributed by atoms with Gasteiger partial charge in [-0.2, -0.15) is 0 Å². The lowest BCUT2D eigenvalue weighted by molar-refractivity contribution is 0.580. The number of nitrogens with zero attached hydrogens (tertiary/aromatic N) is 3. The van der Waals surface area contributed by atoms with E-state index in [1.165, 1.54) is 6.07 Å². The number of hydrogen-bond acceptors (Lipinski definition) is 5. The van der Waals surface area contributed by atoms with E-state index >= 15 is 0 Å². The van der Waals surface area contributed by atoms with E-state index in [0.29, 0.717) is 17.2 Å². The number of halogens is 1. The third-order valence-corrected chi connectivity index (χ3v) is 4.98. The maximum absolute atomic E-state index is 14.3. The highest BCUT2D eigenvalue weighted by Crippen LogP contribution is 2.34. The summed E-state index contributed by atoms with van der Waals surface area (Å²) in [6.07, 6.45) is 0. The number of hydrogen-bond donors (Lipinski definition) is 1. The fourth-order valence-electron chi connectivity index (χ4n) is 2.90. The average Bonchev–Trinajstić information content (AvgIpc) is 2.95. The van der Waals surface area contributed by atoms with Crippen LogP contribution in [0.5, 0.6) is 0 Å². The van der Waals surface area contributed by atoms with E-state index in [1.54, 1.807) is 23.5 Å². The van der Waals surface area contributed by atoms with Crippen molar-refractivity contribution in [1.29, 1.82) is 0 Å². The van der Waals surface area contributed by atoms with Crippen LogP contribution in [0.2, 0.25) is 0 Å². The van der Waals surface area contributed by atoms with Crippen molar-refractivity contribution in [3.8, 4) is 11.3 Å². The second-order valence-corrected chi connectivity index (χ2v) is 6.90. The monoisotopic (exact) mass is 328 g/mol. The van der Waals surface area contributed by atoms with E-state index in [4.69, 9.17) is 9.97 Å². The molecule has 0 radical (unpaired) electrons. The van der Waals surface area contributed by atoms with E-state index in [1.807, 2.05) is 19.1 Å². The molecule has 3 aromatic rings. The third kappa shape index (κ3) is 2.68. The van der Waals surface area contributed by atoms with Gasteiger partial charge in [-0.05, 0) is 25.1 Å². The Hall–Kier alpha value is -2.05. The SMILES string of the molecule is Cc1cc2c(-c3ccccc3F)nc(N3CCNCC3)nc2s1. The van der Waals surface area contributed by atoms with Gasteiger partial charge in [-0.25, -0.2) is 14.4 Å². The van der Waals surface area contributed by atoms with Gasteiger partial charge in [-0.15, -0.1) is 11.3 Å². The van der Waals surface area contributed by atoms with Gasteiger partial charge in [0, 0.05) is 42.0 Å². The Morgan fingerprint density at radius 2 is 1.96 bits per heavy atom. The van der Waals surface area contributed by atoms with Gasteiger partial charge < -0.3 is 10.2 Å². The summed E-state index contributed by atoms with van der Waals surface area (Å²) in [5.74, 6) is 0.446. The van der Waals surface area contributed by atoms with Gasteiger partial charge in [0.15, 0.2) is 0 Å². The van der Waals surface area contributed by atoms with Crippen LogP contribution in [0.15, 0.2) is 30.3 Å². The molecule has 1 fully saturated rings. The summed E-state index contributed by atoms with van der Waals surface area (Å²) >= 11 is 1.63. The first-order valence-electron chi connectivity index (χ1n) is 7.71. The van der Waals surface area contributed by atoms with Gasteiger partial charge in [-0.3, -0.25) is 0 Å². The number of nitrogens with one attached hydrogen (secondary N) is 1. The van der Waals surface area contributed by atoms with E-state index < -0.39 is 0 Å². The molecular weight excluding hydrogens is 311 g/mol. The fourth-order valence-corrected chi connectivity index (χ4v) is 3.77. The highest BCUT2D eigenvalue weighted by molar-refractivity contribution is 7.18. The molecule has 1 N–H and O–H groups in total. The minimum Gasteiger partial charge on any atom is -0.338 e. The number of piperazine rings is 1. The first-order chi connectivity index (χ1) is 11.2. The number of aromatic nitrogens is 2. The number of fused-ring (bicyclic) bond motifs is 1. The maximum atomic E-state index is 14.3. The van der Waals surface area contributed by atoms with E-state index in [2.05, 4.69) is 10.2 Å². The largest absolute Gasteiger partial charge is 0.338 e. The molecule has 23 heavy (non-hydrogen) atoms. The Balaban J connectivity index is 1.92. The zero-order valence-electron chi connectivity index (χ0n) is 12.8. The van der Waals surface area contributed by atoms with Crippen LogP contribution in [0.1, 0.15) is 4.88 Å². The maximum Gasteiger partial charge on any atom is 0.227 e. The molecule has 4 nitrogen and oxygen atoms in total. The molecule has 0 amide bonds. The molecule has 0 unspecified atom stereocenters. The topological polar surface area (TPSA) is 41.1 Å². The molecule has 1 aliphatic heterocycles. The zero-order valence-corrected chi connectivity index (χ0v) is 13.7. The summed E-state index contributed by atoms with van der Waals surface area (Å²) in [7, 11) is 0. The number of rotatable bonds is 2. The van der Waals surface area contributed by atoms with Crippen molar-refractivity contribution in [1.82, 2.24) is 15.3 Å². The summed E-state index contributed by atoms with van der Waals surface area (Å²) < 4.78 is 14.3. The predicted molar refractivity (Wildman–Crippen MR) is 92.6 cm³/mol. The second kappa shape index (κ2) is 5.86. The predicted octanol–water partition coefficient (Wildman–Crippen LogP) is 3.22. The number of thiophene rings is 1. The van der Waals surface area contributed by atoms with Crippen molar-refractivity contribution in [2.24, 2.45) is 0 Å². The fraction of sp³-hybridized carbons (Fsp3) is 0.294. The van der Waals surface area contributed by atoms with E-state index in [-0.39, 0.29) is 5.82 Å². The molecule has 3 heterocycles. The van der Waals surface area contributed by atoms with Crippen molar-refractivity contribution in [3.05, 3.63) is 41.0 Å². The molecule has 1 aliphatic rings. The van der Waals surface area contributed by atoms with Crippen LogP contribution in [-0.2, 0) is 0 Å². The standard InChI is InChI=1S/C17H17FN4S/c1-11-10-13-15(12-4-2-3-5-14(12)18)20-17(21-16(13)23-11)22-8-6-19-7-9-22/h2-5,10,19H,6-9H2,1H3. The molecule has 0 bridgehead atoms. The Morgan fingerprint density at radius 3 is 2.74 bits per heavy atom. The van der Waals surface area contributed by atoms with E-state index in [0.717, 1.165) is 41.3 Å². The first kappa shape index (κ1) is 14.5. The van der Waals surface area contributed by atoms with Crippen LogP contribution < -0.4 is 10.2 Å². The summed E-state index contributed by atoms with van der Waals surface area (Å²) in [6.45, 7) is 5.61. The van der Waals surface area contributed by atoms with Crippen molar-refractivity contribution in [2.75, 3.05) is 31.1 Å². The molecule has 4 rings (SSSR count). The van der Waals surface area contributed by atoms with Gasteiger partial charge in [0.1, 0.15) is 10.6 Å². The normalized spacial score (nSPS) is 15.3. The average molecular weight is 328 g/mol. The van der Waals surface area contributed by atoms with Crippen LogP contribution in [-0.4, -0.2) is 36.1 Å². The molecule has 2 aromatic heterocycles. The minimum atomic E-state index is -0.248. The zero-order chi connectivity index (χ0) is 15.8. The van der Waals surface area contributed by atoms with Crippen molar-refractivity contribution >= 4 is 27.5 Å². The number of aryl methyl sites for hydroxylation is 1. The molecule has 1 aromatic carbocycles. The lowest BCUT2D eigenvalue weighted by Crippen LogP contribution is -2.44. The minimum absolute atomic E-state index is 0.248. The van der Waals surface area contributed by atoms with Crippen LogP contribution in [0.25, 0.3) is 21.5 Å². The van der Waals surface area contributed by atoms with Gasteiger partial charge in [-0.1, -0.05) is 12.1 Å². The van der Waals surface area contributed by atoms with Crippen LogP contribution >= 0.6 is 11.3 Å². The second-order valence-electron chi connectivity index (χ2n) is 5.66. The Kier molecular flexibility index (Phi) is 3.71. The lowest BCUT2D eigenvalue weighted by atomic mass is 10.1. The highest BCUT2D eigenvalue weighted by atomic mass is 32.1. The van der Waals surface area contributed by atoms with Crippen LogP contribution in [0.4, 0.5) is 10.3 Å². The van der Waals surface area contributed by atoms with Crippen molar-refractivity contribution < 1.29 is 4.39 Å². The lowest BCUT2D eigenvalue weighted by Gasteiger charge is -2.27. The van der Waals surface area contributed by atoms with Gasteiger partial charge in [0.05, 0.1) is 5.69 Å². The van der Waals surface area contributed by atoms with Crippen LogP contribution in [0.3, 0.4) is 0 Å². The Morgan fingerprint density at radius 1 is 1.17 bits per heavy atom. The van der Waals surface area contributed by atoms with E-state index in [9.17, 15) is 4.39 Å². The number of benzene rings is 1. The smallest absolute Gasteiger partial charge is 0.227 e. The Labute approximate surface area is 138 Å². The van der Waals surface area contributed by atoms with Crippen molar-refractivity contribution in [2.45, 2.75) is 6.92 Å². The quantitative estimate of drug-likeness (QED) is 0.784. The summed E-state index contributed by atoms with van der Waals surface area (Å²) in [4.78, 5) is 13.7. The van der Waals surface area contributed by atoms with Gasteiger partial charge in [0.2, 0.25) is 5.95 Å². The summed E-state index contributed by atoms with van der Waals surface area (Å²) in [6, 6.07) is 8.85. The summed E-state index contributed by atoms with van der Waals surface area (Å²) in [5, 5.41) is 4.25. The molecule has 0 atom stereocenters. The third-order valence-electron chi connectivity index (χ3n) is 4.03. The molecular formula is C17H17FN4S. The molecule has 0 aliphatic carbocycles. The highest BCUT2D eigenvalue weighted by Gasteiger charge is 2.19. The number of anilines is 1.